The van der Waals surface area contributed by atoms with Gasteiger partial charge in [0.05, 0.1) is 0 Å². The van der Waals surface area contributed by atoms with Crippen LogP contribution in [0.3, 0.4) is 0 Å². The Bertz CT molecular complexity index is 471. The molecule has 2 amide bonds. The van der Waals surface area contributed by atoms with E-state index in [1.165, 1.54) is 12.3 Å². The van der Waals surface area contributed by atoms with Crippen molar-refractivity contribution in [1.82, 2.24) is 10.3 Å². The number of amides is 2. The van der Waals surface area contributed by atoms with E-state index < -0.39 is 17.9 Å². The summed E-state index contributed by atoms with van der Waals surface area (Å²) in [4.78, 5) is 37.1. The second-order valence-electron chi connectivity index (χ2n) is 3.49. The van der Waals surface area contributed by atoms with Gasteiger partial charge in [0.2, 0.25) is 5.91 Å². The fraction of sp³-hybridized carbons (Fsp3) is 0.400. The Balaban J connectivity index is 2.69. The molecule has 3 N–H and O–H groups in total. The summed E-state index contributed by atoms with van der Waals surface area (Å²) in [5.41, 5.74) is 0.0865. The normalized spacial score (nSPS) is 11.7. The second kappa shape index (κ2) is 6.10. The van der Waals surface area contributed by atoms with E-state index in [2.05, 4.69) is 15.6 Å². The zero-order chi connectivity index (χ0) is 13.7. The highest BCUT2D eigenvalue weighted by Crippen LogP contribution is 2.15. The molecule has 0 aliphatic rings. The maximum atomic E-state index is 11.7. The Hall–Kier alpha value is -1.96. The minimum Gasteiger partial charge on any atom is -0.480 e. The maximum absolute atomic E-state index is 11.7. The molecule has 0 saturated carbocycles. The molecule has 0 radical (unpaired) electrons. The number of hydrogen-bond donors (Lipinski definition) is 3. The number of aromatic nitrogens is 1. The monoisotopic (exact) mass is 271 g/mol. The Morgan fingerprint density at radius 3 is 2.67 bits per heavy atom. The number of aliphatic carboxylic acids is 1. The van der Waals surface area contributed by atoms with Crippen LogP contribution in [0.1, 0.15) is 30.8 Å². The van der Waals surface area contributed by atoms with Crippen LogP contribution in [0.25, 0.3) is 0 Å². The van der Waals surface area contributed by atoms with Gasteiger partial charge < -0.3 is 15.7 Å². The van der Waals surface area contributed by atoms with Crippen LogP contribution in [0, 0.1) is 0 Å². The largest absolute Gasteiger partial charge is 0.480 e. The lowest BCUT2D eigenvalue weighted by Gasteiger charge is -2.10. The van der Waals surface area contributed by atoms with Crippen molar-refractivity contribution in [3.05, 3.63) is 11.1 Å². The van der Waals surface area contributed by atoms with Crippen LogP contribution < -0.4 is 10.6 Å². The second-order valence-corrected chi connectivity index (χ2v) is 4.35. The Morgan fingerprint density at radius 2 is 2.17 bits per heavy atom. The molecule has 0 fully saturated rings. The molecule has 98 valence electrons. The molecule has 0 bridgehead atoms. The summed E-state index contributed by atoms with van der Waals surface area (Å²) in [6.45, 7) is 2.99. The van der Waals surface area contributed by atoms with Gasteiger partial charge in [-0.3, -0.25) is 9.59 Å². The summed E-state index contributed by atoms with van der Waals surface area (Å²) < 4.78 is 0. The van der Waals surface area contributed by atoms with Crippen molar-refractivity contribution in [3.8, 4) is 0 Å². The van der Waals surface area contributed by atoms with E-state index in [1.54, 1.807) is 6.92 Å². The third kappa shape index (κ3) is 3.81. The summed E-state index contributed by atoms with van der Waals surface area (Å²) in [6, 6.07) is -0.941. The number of rotatable bonds is 5. The van der Waals surface area contributed by atoms with Crippen molar-refractivity contribution in [2.45, 2.75) is 26.3 Å². The lowest BCUT2D eigenvalue weighted by molar-refractivity contribution is -0.139. The molecule has 0 saturated heterocycles. The topological polar surface area (TPSA) is 108 Å². The minimum absolute atomic E-state index is 0.0865. The molecule has 1 aromatic rings. The Labute approximate surface area is 107 Å². The number of carbonyl (C=O) groups excluding carboxylic acids is 2. The quantitative estimate of drug-likeness (QED) is 0.730. The van der Waals surface area contributed by atoms with E-state index in [4.69, 9.17) is 5.11 Å². The van der Waals surface area contributed by atoms with Crippen LogP contribution in [0.4, 0.5) is 5.13 Å². The van der Waals surface area contributed by atoms with E-state index >= 15 is 0 Å². The first-order valence-corrected chi connectivity index (χ1v) is 6.08. The lowest BCUT2D eigenvalue weighted by Crippen LogP contribution is -2.40. The molecule has 0 aromatic carbocycles. The molecule has 1 heterocycles. The van der Waals surface area contributed by atoms with Gasteiger partial charge in [-0.05, 0) is 6.42 Å². The molecule has 7 nitrogen and oxygen atoms in total. The highest BCUT2D eigenvalue weighted by atomic mass is 32.1. The van der Waals surface area contributed by atoms with E-state index in [-0.39, 0.29) is 18.0 Å². The summed E-state index contributed by atoms with van der Waals surface area (Å²) in [6.07, 6.45) is 0.282. The molecule has 0 aliphatic carbocycles. The number of carboxylic acid groups (broad SMARTS) is 1. The average Bonchev–Trinajstić information content (AvgIpc) is 2.72. The van der Waals surface area contributed by atoms with Gasteiger partial charge in [0.1, 0.15) is 11.7 Å². The van der Waals surface area contributed by atoms with Crippen molar-refractivity contribution in [2.75, 3.05) is 5.32 Å². The molecular formula is C10H13N3O4S. The summed E-state index contributed by atoms with van der Waals surface area (Å²) in [7, 11) is 0. The summed E-state index contributed by atoms with van der Waals surface area (Å²) in [5, 5.41) is 15.3. The fourth-order valence-corrected chi connectivity index (χ4v) is 1.89. The van der Waals surface area contributed by atoms with Crippen LogP contribution in [-0.2, 0) is 9.59 Å². The molecule has 1 aromatic heterocycles. The molecule has 1 unspecified atom stereocenters. The summed E-state index contributed by atoms with van der Waals surface area (Å²) in [5.74, 6) is -1.95. The molecule has 1 rings (SSSR count). The van der Waals surface area contributed by atoms with E-state index in [0.717, 1.165) is 11.3 Å². The van der Waals surface area contributed by atoms with Gasteiger partial charge in [-0.25, -0.2) is 9.78 Å². The van der Waals surface area contributed by atoms with Gasteiger partial charge in [-0.1, -0.05) is 6.92 Å². The van der Waals surface area contributed by atoms with Gasteiger partial charge in [0, 0.05) is 12.3 Å². The van der Waals surface area contributed by atoms with Crippen molar-refractivity contribution in [3.63, 3.8) is 0 Å². The lowest BCUT2D eigenvalue weighted by atomic mass is 10.2. The number of anilines is 1. The van der Waals surface area contributed by atoms with Gasteiger partial charge in [0.15, 0.2) is 5.13 Å². The zero-order valence-electron chi connectivity index (χ0n) is 9.89. The highest BCUT2D eigenvalue weighted by molar-refractivity contribution is 7.14. The predicted molar refractivity (Wildman–Crippen MR) is 65.6 cm³/mol. The van der Waals surface area contributed by atoms with Gasteiger partial charge in [-0.15, -0.1) is 11.3 Å². The van der Waals surface area contributed by atoms with Gasteiger partial charge >= 0.3 is 5.97 Å². The van der Waals surface area contributed by atoms with Crippen LogP contribution >= 0.6 is 11.3 Å². The number of nitrogens with zero attached hydrogens (tertiary/aromatic N) is 1. The van der Waals surface area contributed by atoms with Crippen LogP contribution in [0.15, 0.2) is 5.38 Å². The average molecular weight is 271 g/mol. The van der Waals surface area contributed by atoms with Crippen molar-refractivity contribution >= 4 is 34.3 Å². The number of nitrogens with one attached hydrogen (secondary N) is 2. The molecule has 0 spiro atoms. The number of carbonyl (C=O) groups is 3. The standard InChI is InChI=1S/C10H13N3O4S/c1-3-6(9(16)17)12-8(15)7-4-18-10(13-7)11-5(2)14/h4,6H,3H2,1-2H3,(H,12,15)(H,16,17)(H,11,13,14). The van der Waals surface area contributed by atoms with Gasteiger partial charge in [-0.2, -0.15) is 0 Å². The number of carboxylic acids is 1. The molecule has 18 heavy (non-hydrogen) atoms. The summed E-state index contributed by atoms with van der Waals surface area (Å²) >= 11 is 1.10. The Kier molecular flexibility index (Phi) is 4.78. The highest BCUT2D eigenvalue weighted by Gasteiger charge is 2.20. The van der Waals surface area contributed by atoms with Crippen LogP contribution in [-0.4, -0.2) is 33.9 Å². The van der Waals surface area contributed by atoms with Gasteiger partial charge in [0.25, 0.3) is 5.91 Å². The van der Waals surface area contributed by atoms with E-state index in [9.17, 15) is 14.4 Å². The smallest absolute Gasteiger partial charge is 0.326 e. The van der Waals surface area contributed by atoms with Crippen LogP contribution in [0.2, 0.25) is 0 Å². The molecule has 1 atom stereocenters. The first-order chi connectivity index (χ1) is 8.43. The first-order valence-electron chi connectivity index (χ1n) is 5.20. The van der Waals surface area contributed by atoms with E-state index in [0.29, 0.717) is 5.13 Å². The first kappa shape index (κ1) is 14.1. The third-order valence-electron chi connectivity index (χ3n) is 2.03. The Morgan fingerprint density at radius 1 is 1.50 bits per heavy atom. The number of hydrogen-bond acceptors (Lipinski definition) is 5. The molecule has 0 aliphatic heterocycles. The molecule has 8 heteroatoms. The van der Waals surface area contributed by atoms with Crippen molar-refractivity contribution in [1.29, 1.82) is 0 Å². The van der Waals surface area contributed by atoms with Crippen molar-refractivity contribution in [2.24, 2.45) is 0 Å². The van der Waals surface area contributed by atoms with Crippen molar-refractivity contribution < 1.29 is 19.5 Å². The molecular weight excluding hydrogens is 258 g/mol. The van der Waals surface area contributed by atoms with Crippen LogP contribution in [0.5, 0.6) is 0 Å². The minimum atomic E-state index is -1.09. The number of thiazole rings is 1. The fourth-order valence-electron chi connectivity index (χ4n) is 1.16. The van der Waals surface area contributed by atoms with E-state index in [1.807, 2.05) is 0 Å². The predicted octanol–water partition coefficient (Wildman–Crippen LogP) is 0.694. The zero-order valence-corrected chi connectivity index (χ0v) is 10.7. The maximum Gasteiger partial charge on any atom is 0.326 e. The SMILES string of the molecule is CCC(NC(=O)c1csc(NC(C)=O)n1)C(=O)O. The third-order valence-corrected chi connectivity index (χ3v) is 2.79.